The van der Waals surface area contributed by atoms with Gasteiger partial charge in [-0.25, -0.2) is 4.39 Å². The fourth-order valence-corrected chi connectivity index (χ4v) is 2.17. The molecule has 0 amide bonds. The molecule has 0 aliphatic rings. The highest BCUT2D eigenvalue weighted by Gasteiger charge is 2.22. The van der Waals surface area contributed by atoms with Crippen LogP contribution in [0.5, 0.6) is 0 Å². The molecule has 100 valence electrons. The number of halogens is 2. The number of ketones is 1. The van der Waals surface area contributed by atoms with Crippen molar-refractivity contribution in [2.24, 2.45) is 11.3 Å². The molecular formula is C15H20BrFO. The molecule has 1 aromatic carbocycles. The van der Waals surface area contributed by atoms with Crippen molar-refractivity contribution in [3.05, 3.63) is 34.1 Å². The summed E-state index contributed by atoms with van der Waals surface area (Å²) in [6.45, 7) is 8.47. The number of carbonyl (C=O) groups is 1. The van der Waals surface area contributed by atoms with E-state index in [2.05, 4.69) is 43.6 Å². The van der Waals surface area contributed by atoms with Crippen molar-refractivity contribution >= 4 is 21.7 Å². The zero-order valence-electron chi connectivity index (χ0n) is 11.4. The van der Waals surface area contributed by atoms with Gasteiger partial charge in [0.25, 0.3) is 0 Å². The number of Topliss-reactive ketones (excluding diaryl/α,β-unsaturated/α-hetero) is 1. The van der Waals surface area contributed by atoms with Crippen molar-refractivity contribution in [1.82, 2.24) is 0 Å². The number of benzene rings is 1. The summed E-state index contributed by atoms with van der Waals surface area (Å²) in [5, 5.41) is 0. The fraction of sp³-hybridized carbons (Fsp3) is 0.533. The molecule has 1 atom stereocenters. The van der Waals surface area contributed by atoms with Crippen LogP contribution < -0.4 is 0 Å². The van der Waals surface area contributed by atoms with E-state index in [1.807, 2.05) is 0 Å². The molecule has 0 spiro atoms. The van der Waals surface area contributed by atoms with E-state index in [-0.39, 0.29) is 17.0 Å². The molecule has 1 nitrogen and oxygen atoms in total. The number of hydrogen-bond donors (Lipinski definition) is 0. The van der Waals surface area contributed by atoms with Crippen LogP contribution in [-0.2, 0) is 11.2 Å². The third-order valence-corrected chi connectivity index (χ3v) is 3.79. The van der Waals surface area contributed by atoms with Gasteiger partial charge in [-0.05, 0) is 35.1 Å². The first-order valence-corrected chi connectivity index (χ1v) is 6.94. The highest BCUT2D eigenvalue weighted by Crippen LogP contribution is 2.28. The van der Waals surface area contributed by atoms with Gasteiger partial charge in [0.2, 0.25) is 0 Å². The van der Waals surface area contributed by atoms with Crippen LogP contribution in [0.4, 0.5) is 4.39 Å². The van der Waals surface area contributed by atoms with Crippen molar-refractivity contribution in [3.63, 3.8) is 0 Å². The first-order chi connectivity index (χ1) is 8.18. The number of carbonyl (C=O) groups excluding carboxylic acids is 1. The lowest BCUT2D eigenvalue weighted by Crippen LogP contribution is -2.21. The summed E-state index contributed by atoms with van der Waals surface area (Å²) in [6, 6.07) is 4.61. The van der Waals surface area contributed by atoms with Crippen molar-refractivity contribution < 1.29 is 9.18 Å². The van der Waals surface area contributed by atoms with E-state index in [0.29, 0.717) is 23.2 Å². The minimum atomic E-state index is -0.309. The van der Waals surface area contributed by atoms with E-state index < -0.39 is 0 Å². The summed E-state index contributed by atoms with van der Waals surface area (Å²) in [5.74, 6) is 0.174. The largest absolute Gasteiger partial charge is 0.299 e. The minimum absolute atomic E-state index is 0.123. The van der Waals surface area contributed by atoms with Crippen molar-refractivity contribution in [2.45, 2.75) is 40.5 Å². The Labute approximate surface area is 117 Å². The third kappa shape index (κ3) is 4.89. The molecule has 0 saturated heterocycles. The van der Waals surface area contributed by atoms with Crippen LogP contribution in [0.2, 0.25) is 0 Å². The summed E-state index contributed by atoms with van der Waals surface area (Å²) >= 11 is 3.23. The Kier molecular flexibility index (Phi) is 5.09. The molecule has 0 fully saturated rings. The van der Waals surface area contributed by atoms with Gasteiger partial charge in [-0.3, -0.25) is 4.79 Å². The summed E-state index contributed by atoms with van der Waals surface area (Å²) in [4.78, 5) is 12.0. The van der Waals surface area contributed by atoms with Gasteiger partial charge in [0.15, 0.2) is 0 Å². The van der Waals surface area contributed by atoms with Gasteiger partial charge in [0.05, 0.1) is 0 Å². The van der Waals surface area contributed by atoms with Crippen LogP contribution in [0.15, 0.2) is 22.7 Å². The van der Waals surface area contributed by atoms with Crippen LogP contribution >= 0.6 is 15.9 Å². The maximum Gasteiger partial charge on any atom is 0.137 e. The fourth-order valence-electron chi connectivity index (χ4n) is 1.66. The Bertz CT molecular complexity index is 414. The predicted octanol–water partition coefficient (Wildman–Crippen LogP) is 4.77. The third-order valence-electron chi connectivity index (χ3n) is 3.34. The van der Waals surface area contributed by atoms with Crippen LogP contribution in [0, 0.1) is 17.2 Å². The molecule has 1 aromatic rings. The molecule has 0 saturated carbocycles. The molecule has 0 aliphatic carbocycles. The van der Waals surface area contributed by atoms with Gasteiger partial charge in [-0.1, -0.05) is 43.6 Å². The van der Waals surface area contributed by atoms with E-state index in [0.717, 1.165) is 5.56 Å². The Balaban J connectivity index is 2.65. The molecule has 0 radical (unpaired) electrons. The second-order valence-corrected chi connectivity index (χ2v) is 6.88. The lowest BCUT2D eigenvalue weighted by atomic mass is 9.79. The second kappa shape index (κ2) is 5.96. The van der Waals surface area contributed by atoms with Crippen molar-refractivity contribution in [1.29, 1.82) is 0 Å². The molecule has 3 heteroatoms. The highest BCUT2D eigenvalue weighted by molar-refractivity contribution is 9.10. The number of hydrogen-bond acceptors (Lipinski definition) is 1. The molecule has 0 N–H and O–H groups in total. The summed E-state index contributed by atoms with van der Waals surface area (Å²) < 4.78 is 13.9. The lowest BCUT2D eigenvalue weighted by molar-refractivity contribution is -0.120. The molecule has 1 rings (SSSR count). The first kappa shape index (κ1) is 15.4. The van der Waals surface area contributed by atoms with E-state index in [9.17, 15) is 9.18 Å². The van der Waals surface area contributed by atoms with Gasteiger partial charge in [-0.15, -0.1) is 0 Å². The second-order valence-electron chi connectivity index (χ2n) is 5.96. The van der Waals surface area contributed by atoms with Crippen molar-refractivity contribution in [3.8, 4) is 0 Å². The van der Waals surface area contributed by atoms with Gasteiger partial charge in [0, 0.05) is 17.3 Å². The molecule has 1 unspecified atom stereocenters. The van der Waals surface area contributed by atoms with E-state index in [1.165, 1.54) is 12.1 Å². The Morgan fingerprint density at radius 2 is 1.94 bits per heavy atom. The van der Waals surface area contributed by atoms with Crippen LogP contribution in [0.1, 0.15) is 39.7 Å². The molecule has 18 heavy (non-hydrogen) atoms. The smallest absolute Gasteiger partial charge is 0.137 e. The quantitative estimate of drug-likeness (QED) is 0.782. The van der Waals surface area contributed by atoms with E-state index in [1.54, 1.807) is 6.07 Å². The highest BCUT2D eigenvalue weighted by atomic mass is 79.9. The van der Waals surface area contributed by atoms with Crippen molar-refractivity contribution in [2.75, 3.05) is 0 Å². The lowest BCUT2D eigenvalue weighted by Gasteiger charge is -2.26. The molecule has 0 aliphatic heterocycles. The van der Waals surface area contributed by atoms with Gasteiger partial charge in [-0.2, -0.15) is 0 Å². The number of rotatable bonds is 4. The van der Waals surface area contributed by atoms with Gasteiger partial charge >= 0.3 is 0 Å². The first-order valence-electron chi connectivity index (χ1n) is 6.15. The topological polar surface area (TPSA) is 17.1 Å². The van der Waals surface area contributed by atoms with Gasteiger partial charge in [0.1, 0.15) is 11.6 Å². The molecule has 0 heterocycles. The average molecular weight is 315 g/mol. The molecule has 0 aromatic heterocycles. The Morgan fingerprint density at radius 3 is 2.44 bits per heavy atom. The standard InChI is InChI=1S/C15H20BrFO/c1-10(15(2,3)4)5-14(18)8-11-6-12(16)9-13(17)7-11/h6-7,9-10H,5,8H2,1-4H3. The zero-order chi connectivity index (χ0) is 13.9. The van der Waals surface area contributed by atoms with E-state index >= 15 is 0 Å². The normalized spacial score (nSPS) is 13.4. The summed E-state index contributed by atoms with van der Waals surface area (Å²) in [5.41, 5.74) is 0.853. The minimum Gasteiger partial charge on any atom is -0.299 e. The predicted molar refractivity (Wildman–Crippen MR) is 76.0 cm³/mol. The Morgan fingerprint density at radius 1 is 1.33 bits per heavy atom. The Hall–Kier alpha value is -0.700. The maximum atomic E-state index is 13.2. The van der Waals surface area contributed by atoms with Crippen LogP contribution in [0.3, 0.4) is 0 Å². The maximum absolute atomic E-state index is 13.2. The monoisotopic (exact) mass is 314 g/mol. The van der Waals surface area contributed by atoms with E-state index in [4.69, 9.17) is 0 Å². The molecule has 0 bridgehead atoms. The summed E-state index contributed by atoms with van der Waals surface area (Å²) in [7, 11) is 0. The molecular weight excluding hydrogens is 295 g/mol. The van der Waals surface area contributed by atoms with Gasteiger partial charge < -0.3 is 0 Å². The zero-order valence-corrected chi connectivity index (χ0v) is 13.0. The SMILES string of the molecule is CC(CC(=O)Cc1cc(F)cc(Br)c1)C(C)(C)C. The van der Waals surface area contributed by atoms with Crippen LogP contribution in [0.25, 0.3) is 0 Å². The average Bonchev–Trinajstić information content (AvgIpc) is 2.13. The summed E-state index contributed by atoms with van der Waals surface area (Å²) in [6.07, 6.45) is 0.842. The van der Waals surface area contributed by atoms with Crippen LogP contribution in [-0.4, -0.2) is 5.78 Å².